The topological polar surface area (TPSA) is 55.4 Å². The molecule has 4 nitrogen and oxygen atoms in total. The third-order valence-corrected chi connectivity index (χ3v) is 6.50. The van der Waals surface area contributed by atoms with Crippen LogP contribution in [-0.4, -0.2) is 17.9 Å². The van der Waals surface area contributed by atoms with Crippen molar-refractivity contribution in [2.24, 2.45) is 0 Å². The highest BCUT2D eigenvalue weighted by Crippen LogP contribution is 2.47. The van der Waals surface area contributed by atoms with E-state index in [4.69, 9.17) is 27.9 Å². The van der Waals surface area contributed by atoms with Crippen LogP contribution in [0.3, 0.4) is 0 Å². The van der Waals surface area contributed by atoms with Crippen LogP contribution in [0.4, 0.5) is 0 Å². The molecule has 6 heteroatoms. The first-order valence-corrected chi connectivity index (χ1v) is 11.5. The molecule has 1 N–H and O–H groups in total. The molecule has 1 aliphatic heterocycles. The molecule has 2 aromatic carbocycles. The molecule has 0 radical (unpaired) electrons. The summed E-state index contributed by atoms with van der Waals surface area (Å²) in [7, 11) is 0. The van der Waals surface area contributed by atoms with Crippen LogP contribution >= 0.6 is 23.2 Å². The molecule has 0 aromatic heterocycles. The molecular formula is C26H25Cl2NO3. The van der Waals surface area contributed by atoms with Gasteiger partial charge in [-0.1, -0.05) is 59.6 Å². The second kappa shape index (κ2) is 9.13. The average molecular weight is 470 g/mol. The Morgan fingerprint density at radius 1 is 1.09 bits per heavy atom. The maximum Gasteiger partial charge on any atom is 0.337 e. The summed E-state index contributed by atoms with van der Waals surface area (Å²) in [6.07, 6.45) is 0.762. The lowest BCUT2D eigenvalue weighted by molar-refractivity contribution is -0.143. The molecule has 0 unspecified atom stereocenters. The number of ketones is 1. The van der Waals surface area contributed by atoms with Crippen LogP contribution < -0.4 is 5.32 Å². The summed E-state index contributed by atoms with van der Waals surface area (Å²) in [6.45, 7) is 5.44. The van der Waals surface area contributed by atoms with E-state index >= 15 is 0 Å². The first kappa shape index (κ1) is 22.6. The van der Waals surface area contributed by atoms with Gasteiger partial charge in [-0.2, -0.15) is 0 Å². The van der Waals surface area contributed by atoms with Gasteiger partial charge in [-0.05, 0) is 56.4 Å². The fourth-order valence-corrected chi connectivity index (χ4v) is 5.11. The van der Waals surface area contributed by atoms with Gasteiger partial charge in [0.25, 0.3) is 0 Å². The molecule has 0 amide bonds. The molecule has 2 atom stereocenters. The molecule has 166 valence electrons. The molecule has 2 aliphatic rings. The molecule has 32 heavy (non-hydrogen) atoms. The third kappa shape index (κ3) is 4.35. The van der Waals surface area contributed by atoms with Crippen molar-refractivity contribution in [2.45, 2.75) is 51.6 Å². The number of halogens is 2. The lowest BCUT2D eigenvalue weighted by Crippen LogP contribution is -2.36. The highest BCUT2D eigenvalue weighted by Gasteiger charge is 2.42. The number of nitrogens with one attached hydrogen (secondary N) is 1. The summed E-state index contributed by atoms with van der Waals surface area (Å²) in [5.41, 5.74) is 4.31. The summed E-state index contributed by atoms with van der Waals surface area (Å²) in [5.74, 6) is -0.976. The highest BCUT2D eigenvalue weighted by molar-refractivity contribution is 6.35. The van der Waals surface area contributed by atoms with Crippen molar-refractivity contribution in [2.75, 3.05) is 0 Å². The van der Waals surface area contributed by atoms with Gasteiger partial charge in [0.1, 0.15) is 0 Å². The van der Waals surface area contributed by atoms with Crippen LogP contribution in [0.25, 0.3) is 0 Å². The van der Waals surface area contributed by atoms with E-state index in [9.17, 15) is 9.59 Å². The number of esters is 1. The zero-order valence-corrected chi connectivity index (χ0v) is 19.8. The van der Waals surface area contributed by atoms with E-state index in [0.717, 1.165) is 11.3 Å². The summed E-state index contributed by atoms with van der Waals surface area (Å²) in [6, 6.07) is 15.2. The second-order valence-electron chi connectivity index (χ2n) is 8.55. The summed E-state index contributed by atoms with van der Waals surface area (Å²) in [4.78, 5) is 26.7. The SMILES string of the molecule is CC1=C(C(=O)OC(C)C)[C@@H](c2ccc(Cl)cc2Cl)C2=C(C[C@@H](c3ccccc3)CC2=O)N1. The van der Waals surface area contributed by atoms with Gasteiger partial charge in [-0.15, -0.1) is 0 Å². The smallest absolute Gasteiger partial charge is 0.337 e. The largest absolute Gasteiger partial charge is 0.460 e. The van der Waals surface area contributed by atoms with Gasteiger partial charge in [0.2, 0.25) is 0 Å². The highest BCUT2D eigenvalue weighted by atomic mass is 35.5. The van der Waals surface area contributed by atoms with Crippen LogP contribution in [0, 0.1) is 0 Å². The first-order valence-electron chi connectivity index (χ1n) is 10.7. The Morgan fingerprint density at radius 2 is 1.81 bits per heavy atom. The van der Waals surface area contributed by atoms with Gasteiger partial charge in [-0.3, -0.25) is 4.79 Å². The lowest BCUT2D eigenvalue weighted by Gasteiger charge is -2.37. The van der Waals surface area contributed by atoms with Crippen molar-refractivity contribution in [3.63, 3.8) is 0 Å². The summed E-state index contributed by atoms with van der Waals surface area (Å²) < 4.78 is 5.54. The van der Waals surface area contributed by atoms with Crippen molar-refractivity contribution in [1.29, 1.82) is 0 Å². The maximum absolute atomic E-state index is 13.5. The fourth-order valence-electron chi connectivity index (χ4n) is 4.59. The van der Waals surface area contributed by atoms with Gasteiger partial charge < -0.3 is 10.1 Å². The normalized spacial score (nSPS) is 20.9. The molecule has 0 fully saturated rings. The third-order valence-electron chi connectivity index (χ3n) is 5.93. The Bertz CT molecular complexity index is 1140. The number of benzene rings is 2. The number of hydrogen-bond donors (Lipinski definition) is 1. The van der Waals surface area contributed by atoms with E-state index in [0.29, 0.717) is 45.3 Å². The number of ether oxygens (including phenoxy) is 1. The number of allylic oxidation sites excluding steroid dienone is 3. The molecule has 0 spiro atoms. The minimum Gasteiger partial charge on any atom is -0.460 e. The molecule has 2 aromatic rings. The zero-order chi connectivity index (χ0) is 23.0. The molecule has 0 saturated heterocycles. The average Bonchev–Trinajstić information content (AvgIpc) is 2.72. The van der Waals surface area contributed by atoms with E-state index in [1.165, 1.54) is 0 Å². The summed E-state index contributed by atoms with van der Waals surface area (Å²) in [5, 5.41) is 4.26. The molecular weight excluding hydrogens is 445 g/mol. The van der Waals surface area contributed by atoms with Gasteiger partial charge in [0.05, 0.1) is 11.7 Å². The van der Waals surface area contributed by atoms with E-state index in [1.54, 1.807) is 32.0 Å². The molecule has 1 heterocycles. The monoisotopic (exact) mass is 469 g/mol. The van der Waals surface area contributed by atoms with Gasteiger partial charge in [-0.25, -0.2) is 4.79 Å². The predicted molar refractivity (Wildman–Crippen MR) is 127 cm³/mol. The van der Waals surface area contributed by atoms with Gasteiger partial charge in [0, 0.05) is 39.4 Å². The van der Waals surface area contributed by atoms with Crippen LogP contribution in [0.1, 0.15) is 56.6 Å². The standard InChI is InChI=1S/C26H25Cl2NO3/c1-14(2)32-26(31)23-15(3)29-21-11-17(16-7-5-4-6-8-16)12-22(30)25(21)24(23)19-10-9-18(27)13-20(19)28/h4-10,13-14,17,24,29H,11-12H2,1-3H3/t17-,24-/m1/s1. The van der Waals surface area contributed by atoms with Crippen molar-refractivity contribution in [3.8, 4) is 0 Å². The molecule has 4 rings (SSSR count). The van der Waals surface area contributed by atoms with Crippen LogP contribution in [-0.2, 0) is 14.3 Å². The van der Waals surface area contributed by atoms with Gasteiger partial charge in [0.15, 0.2) is 5.78 Å². The Hall–Kier alpha value is -2.56. The number of dihydropyridines is 1. The Balaban J connectivity index is 1.83. The second-order valence-corrected chi connectivity index (χ2v) is 9.39. The number of carbonyl (C=O) groups is 2. The maximum atomic E-state index is 13.5. The van der Waals surface area contributed by atoms with Crippen molar-refractivity contribution < 1.29 is 14.3 Å². The van der Waals surface area contributed by atoms with E-state index in [2.05, 4.69) is 5.32 Å². The quantitative estimate of drug-likeness (QED) is 0.533. The van der Waals surface area contributed by atoms with E-state index in [-0.39, 0.29) is 17.8 Å². The minimum absolute atomic E-state index is 0.00552. The molecule has 1 aliphatic carbocycles. The Kier molecular flexibility index (Phi) is 6.45. The summed E-state index contributed by atoms with van der Waals surface area (Å²) >= 11 is 12.7. The van der Waals surface area contributed by atoms with Crippen LogP contribution in [0.2, 0.25) is 10.0 Å². The van der Waals surface area contributed by atoms with E-state index in [1.807, 2.05) is 37.3 Å². The first-order chi connectivity index (χ1) is 15.3. The zero-order valence-electron chi connectivity index (χ0n) is 18.2. The number of rotatable bonds is 4. The molecule has 0 saturated carbocycles. The van der Waals surface area contributed by atoms with Crippen molar-refractivity contribution >= 4 is 35.0 Å². The molecule has 0 bridgehead atoms. The Labute approximate surface area is 198 Å². The van der Waals surface area contributed by atoms with Gasteiger partial charge >= 0.3 is 5.97 Å². The van der Waals surface area contributed by atoms with Crippen LogP contribution in [0.15, 0.2) is 71.1 Å². The number of carbonyl (C=O) groups excluding carboxylic acids is 2. The van der Waals surface area contributed by atoms with Crippen LogP contribution in [0.5, 0.6) is 0 Å². The van der Waals surface area contributed by atoms with E-state index < -0.39 is 11.9 Å². The number of hydrogen-bond acceptors (Lipinski definition) is 4. The lowest BCUT2D eigenvalue weighted by atomic mass is 9.71. The minimum atomic E-state index is -0.605. The fraction of sp³-hybridized carbons (Fsp3) is 0.308. The predicted octanol–water partition coefficient (Wildman–Crippen LogP) is 6.31. The number of Topliss-reactive ketones (excluding diaryl/α,β-unsaturated/α-hetero) is 1. The van der Waals surface area contributed by atoms with Crippen molar-refractivity contribution in [3.05, 3.63) is 92.2 Å². The van der Waals surface area contributed by atoms with Crippen molar-refractivity contribution in [1.82, 2.24) is 5.32 Å². The Morgan fingerprint density at radius 3 is 2.47 bits per heavy atom.